The molecule has 9 heteroatoms. The second-order valence-electron chi connectivity index (χ2n) is 4.75. The average Bonchev–Trinajstić information content (AvgIpc) is 2.47. The van der Waals surface area contributed by atoms with E-state index in [1.807, 2.05) is 0 Å². The number of halogens is 2. The van der Waals surface area contributed by atoms with Gasteiger partial charge in [-0.25, -0.2) is 4.98 Å². The first kappa shape index (κ1) is 17.2. The molecule has 0 amide bonds. The maximum atomic E-state index is 12.6. The molecule has 0 fully saturated rings. The number of aromatic hydroxyl groups is 2. The van der Waals surface area contributed by atoms with E-state index in [2.05, 4.69) is 20.9 Å². The molecule has 1 aromatic heterocycles. The predicted molar refractivity (Wildman–Crippen MR) is 86.3 cm³/mol. The van der Waals surface area contributed by atoms with Crippen LogP contribution < -0.4 is 0 Å². The number of nitrogens with zero attached hydrogens (tertiary/aromatic N) is 2. The molecule has 0 aliphatic rings. The van der Waals surface area contributed by atoms with Gasteiger partial charge in [-0.2, -0.15) is 0 Å². The topological polar surface area (TPSA) is 114 Å². The Hall–Kier alpha value is -2.19. The maximum Gasteiger partial charge on any atom is 0.315 e. The minimum atomic E-state index is -0.901. The van der Waals surface area contributed by atoms with Gasteiger partial charge in [0.15, 0.2) is 11.5 Å². The number of nitro groups is 1. The van der Waals surface area contributed by atoms with Crippen LogP contribution in [0, 0.1) is 24.0 Å². The van der Waals surface area contributed by atoms with Gasteiger partial charge in [0.25, 0.3) is 0 Å². The number of hydrogen-bond donors (Lipinski definition) is 2. The molecule has 1 heterocycles. The lowest BCUT2D eigenvalue weighted by Crippen LogP contribution is -2.08. The number of pyridine rings is 1. The number of ketones is 1. The fraction of sp³-hybridized carbons (Fsp3) is 0.143. The third kappa shape index (κ3) is 2.99. The molecule has 0 aliphatic heterocycles. The first-order chi connectivity index (χ1) is 10.6. The molecule has 0 atom stereocenters. The van der Waals surface area contributed by atoms with Crippen molar-refractivity contribution in [3.8, 4) is 11.5 Å². The fourth-order valence-corrected chi connectivity index (χ4v) is 2.95. The Labute approximate surface area is 143 Å². The van der Waals surface area contributed by atoms with E-state index in [1.54, 1.807) is 13.8 Å². The standard InChI is InChI=1S/C14H10BrClN2O5/c1-5-10(14(15)17-6(2)11(5)16)12(20)7-3-8(18(22)23)13(21)9(19)4-7/h3-4,19,21H,1-2H3. The van der Waals surface area contributed by atoms with Gasteiger partial charge >= 0.3 is 5.69 Å². The highest BCUT2D eigenvalue weighted by Gasteiger charge is 2.25. The molecule has 0 spiro atoms. The number of benzene rings is 1. The normalized spacial score (nSPS) is 10.6. The molecule has 0 radical (unpaired) electrons. The van der Waals surface area contributed by atoms with Gasteiger partial charge in [-0.3, -0.25) is 14.9 Å². The number of carbonyl (C=O) groups excluding carboxylic acids is 1. The second kappa shape index (κ2) is 6.13. The summed E-state index contributed by atoms with van der Waals surface area (Å²) in [5, 5.41) is 30.3. The van der Waals surface area contributed by atoms with Crippen molar-refractivity contribution in [2.45, 2.75) is 13.8 Å². The van der Waals surface area contributed by atoms with E-state index in [-0.39, 0.29) is 15.7 Å². The fourth-order valence-electron chi connectivity index (χ4n) is 2.07. The van der Waals surface area contributed by atoms with Crippen LogP contribution in [0.15, 0.2) is 16.7 Å². The summed E-state index contributed by atoms with van der Waals surface area (Å²) < 4.78 is 0.233. The highest BCUT2D eigenvalue weighted by molar-refractivity contribution is 9.10. The first-order valence-electron chi connectivity index (χ1n) is 6.22. The average molecular weight is 402 g/mol. The molecular formula is C14H10BrClN2O5. The third-order valence-electron chi connectivity index (χ3n) is 3.25. The molecule has 0 aliphatic carbocycles. The Morgan fingerprint density at radius 1 is 1.35 bits per heavy atom. The SMILES string of the molecule is Cc1nc(Br)c(C(=O)c2cc(O)c(O)c([N+](=O)[O-])c2)c(C)c1Cl. The largest absolute Gasteiger partial charge is 0.504 e. The van der Waals surface area contributed by atoms with Crippen molar-refractivity contribution in [2.24, 2.45) is 0 Å². The molecule has 23 heavy (non-hydrogen) atoms. The summed E-state index contributed by atoms with van der Waals surface area (Å²) in [6, 6.07) is 1.83. The number of rotatable bonds is 3. The van der Waals surface area contributed by atoms with Crippen LogP contribution in [0.2, 0.25) is 5.02 Å². The van der Waals surface area contributed by atoms with Gasteiger partial charge in [0.2, 0.25) is 5.75 Å². The smallest absolute Gasteiger partial charge is 0.315 e. The van der Waals surface area contributed by atoms with E-state index in [1.165, 1.54) is 0 Å². The summed E-state index contributed by atoms with van der Waals surface area (Å²) in [5.41, 5.74) is 0.157. The molecular weight excluding hydrogens is 392 g/mol. The Morgan fingerprint density at radius 3 is 2.52 bits per heavy atom. The number of aryl methyl sites for hydroxylation is 1. The summed E-state index contributed by atoms with van der Waals surface area (Å²) in [6.07, 6.45) is 0. The summed E-state index contributed by atoms with van der Waals surface area (Å²) in [7, 11) is 0. The molecule has 2 N–H and O–H groups in total. The van der Waals surface area contributed by atoms with Crippen LogP contribution >= 0.6 is 27.5 Å². The van der Waals surface area contributed by atoms with Crippen LogP contribution in [0.1, 0.15) is 27.2 Å². The molecule has 0 saturated heterocycles. The zero-order chi connectivity index (χ0) is 17.5. The van der Waals surface area contributed by atoms with E-state index < -0.39 is 27.9 Å². The van der Waals surface area contributed by atoms with E-state index in [0.29, 0.717) is 16.3 Å². The third-order valence-corrected chi connectivity index (χ3v) is 4.38. The van der Waals surface area contributed by atoms with Crippen molar-refractivity contribution >= 4 is 39.0 Å². The number of aromatic nitrogens is 1. The molecule has 1 aromatic carbocycles. The van der Waals surface area contributed by atoms with E-state index in [4.69, 9.17) is 11.6 Å². The molecule has 120 valence electrons. The maximum absolute atomic E-state index is 12.6. The Kier molecular flexibility index (Phi) is 4.58. The van der Waals surface area contributed by atoms with Crippen molar-refractivity contribution in [2.75, 3.05) is 0 Å². The van der Waals surface area contributed by atoms with E-state index in [9.17, 15) is 25.1 Å². The molecule has 0 saturated carbocycles. The Balaban J connectivity index is 2.68. The molecule has 0 bridgehead atoms. The second-order valence-corrected chi connectivity index (χ2v) is 5.88. The number of phenolic OH excluding ortho intramolecular Hbond substituents is 2. The number of carbonyl (C=O) groups is 1. The van der Waals surface area contributed by atoms with Gasteiger partial charge in [-0.15, -0.1) is 0 Å². The number of hydrogen-bond acceptors (Lipinski definition) is 6. The van der Waals surface area contributed by atoms with Crippen LogP contribution in [0.4, 0.5) is 5.69 Å². The van der Waals surface area contributed by atoms with E-state index >= 15 is 0 Å². The van der Waals surface area contributed by atoms with Crippen molar-refractivity contribution < 1.29 is 19.9 Å². The highest BCUT2D eigenvalue weighted by Crippen LogP contribution is 2.37. The van der Waals surface area contributed by atoms with Crippen LogP contribution in [0.5, 0.6) is 11.5 Å². The molecule has 0 unspecified atom stereocenters. The number of nitro benzene ring substituents is 1. The molecule has 2 rings (SSSR count). The predicted octanol–water partition coefficient (Wildman–Crippen LogP) is 3.66. The van der Waals surface area contributed by atoms with Gasteiger partial charge in [-0.05, 0) is 41.4 Å². The lowest BCUT2D eigenvalue weighted by molar-refractivity contribution is -0.386. The molecule has 7 nitrogen and oxygen atoms in total. The quantitative estimate of drug-likeness (QED) is 0.267. The van der Waals surface area contributed by atoms with Crippen LogP contribution in [-0.4, -0.2) is 25.9 Å². The minimum absolute atomic E-state index is 0.125. The first-order valence-corrected chi connectivity index (χ1v) is 7.39. The van der Waals surface area contributed by atoms with Gasteiger partial charge in [-0.1, -0.05) is 11.6 Å². The monoisotopic (exact) mass is 400 g/mol. The summed E-state index contributed by atoms with van der Waals surface area (Å²) in [4.78, 5) is 26.7. The summed E-state index contributed by atoms with van der Waals surface area (Å²) in [5.74, 6) is -2.29. The van der Waals surface area contributed by atoms with Crippen LogP contribution in [-0.2, 0) is 0 Å². The van der Waals surface area contributed by atoms with E-state index in [0.717, 1.165) is 12.1 Å². The van der Waals surface area contributed by atoms with Crippen molar-refractivity contribution in [1.29, 1.82) is 0 Å². The Morgan fingerprint density at radius 2 is 1.96 bits per heavy atom. The summed E-state index contributed by atoms with van der Waals surface area (Å²) in [6.45, 7) is 3.29. The molecule has 2 aromatic rings. The zero-order valence-electron chi connectivity index (χ0n) is 11.9. The lowest BCUT2D eigenvalue weighted by Gasteiger charge is -2.11. The van der Waals surface area contributed by atoms with Crippen molar-refractivity contribution in [3.05, 3.63) is 54.3 Å². The number of phenols is 2. The summed E-state index contributed by atoms with van der Waals surface area (Å²) >= 11 is 9.27. The zero-order valence-corrected chi connectivity index (χ0v) is 14.3. The minimum Gasteiger partial charge on any atom is -0.504 e. The van der Waals surface area contributed by atoms with Gasteiger partial charge < -0.3 is 10.2 Å². The van der Waals surface area contributed by atoms with Gasteiger partial charge in [0, 0.05) is 11.6 Å². The van der Waals surface area contributed by atoms with Gasteiger partial charge in [0.1, 0.15) is 4.60 Å². The van der Waals surface area contributed by atoms with Crippen molar-refractivity contribution in [1.82, 2.24) is 4.98 Å². The Bertz CT molecular complexity index is 854. The van der Waals surface area contributed by atoms with Crippen LogP contribution in [0.3, 0.4) is 0 Å². The van der Waals surface area contributed by atoms with Gasteiger partial charge in [0.05, 0.1) is 21.2 Å². The van der Waals surface area contributed by atoms with Crippen LogP contribution in [0.25, 0.3) is 0 Å². The lowest BCUT2D eigenvalue weighted by atomic mass is 9.99. The van der Waals surface area contributed by atoms with Crippen molar-refractivity contribution in [3.63, 3.8) is 0 Å². The highest BCUT2D eigenvalue weighted by atomic mass is 79.9.